The highest BCUT2D eigenvalue weighted by molar-refractivity contribution is 8.76. The van der Waals surface area contributed by atoms with Crippen LogP contribution in [0.25, 0.3) is 0 Å². The number of primary amides is 2. The summed E-state index contributed by atoms with van der Waals surface area (Å²) in [7, 11) is 1.79. The van der Waals surface area contributed by atoms with Gasteiger partial charge >= 0.3 is 11.7 Å². The topological polar surface area (TPSA) is 457 Å². The summed E-state index contributed by atoms with van der Waals surface area (Å²) in [6.07, 6.45) is -4.07. The van der Waals surface area contributed by atoms with Crippen LogP contribution in [0.15, 0.2) is 42.5 Å². The number of nitrogens with one attached hydrogen (secondary N) is 7. The molecule has 70 heavy (non-hydrogen) atoms. The SMILES string of the molecule is NC(=O)C[C@@H]1NC(=O)[C@@H]2C[C@@H](O)CN2C(=O)CNC(=O)[C@H](Cc2ccc(O)c([N+](=O)[O-])c2)NC(=O)CNC(=O)[C@@H](CC(=O)O)NC(=O)[C@H](NCc2cccc([N+](=O)[O-])c2)CSSC[C@H](C(N)=O)NC1=O. The Balaban J connectivity index is 1.69. The van der Waals surface area contributed by atoms with Crippen LogP contribution in [-0.2, 0) is 60.9 Å². The fourth-order valence-corrected chi connectivity index (χ4v) is 9.21. The molecule has 2 fully saturated rings. The number of aliphatic hydroxyl groups excluding tert-OH is 1. The van der Waals surface area contributed by atoms with Crippen LogP contribution >= 0.6 is 21.6 Å². The van der Waals surface area contributed by atoms with Crippen molar-refractivity contribution in [2.45, 2.75) is 74.6 Å². The lowest BCUT2D eigenvalue weighted by Crippen LogP contribution is -2.58. The lowest BCUT2D eigenvalue weighted by molar-refractivity contribution is -0.385. The molecule has 4 rings (SSSR count). The van der Waals surface area contributed by atoms with Gasteiger partial charge in [-0.25, -0.2) is 0 Å². The van der Waals surface area contributed by atoms with Crippen molar-refractivity contribution in [3.8, 4) is 5.75 Å². The number of benzene rings is 2. The van der Waals surface area contributed by atoms with E-state index in [4.69, 9.17) is 11.5 Å². The number of nitro groups is 2. The number of aromatic hydroxyl groups is 1. The number of rotatable bonds is 12. The Kier molecular flexibility index (Phi) is 20.1. The number of phenolic OH excluding ortho intramolecular Hbond substituents is 1. The second-order valence-electron chi connectivity index (χ2n) is 15.6. The maximum Gasteiger partial charge on any atom is 0.310 e. The van der Waals surface area contributed by atoms with E-state index in [-0.39, 0.29) is 35.7 Å². The number of hydrogen-bond acceptors (Lipinski definition) is 19. The molecule has 31 heteroatoms. The number of phenols is 1. The minimum Gasteiger partial charge on any atom is -0.502 e. The zero-order valence-corrected chi connectivity index (χ0v) is 38.2. The number of aliphatic hydroxyl groups is 1. The summed E-state index contributed by atoms with van der Waals surface area (Å²) in [5.41, 5.74) is 10.2. The lowest BCUT2D eigenvalue weighted by Gasteiger charge is -2.27. The van der Waals surface area contributed by atoms with Crippen LogP contribution in [-0.4, -0.2) is 163 Å². The summed E-state index contributed by atoms with van der Waals surface area (Å²) in [4.78, 5) is 153. The number of nitrogens with zero attached hydrogens (tertiary/aromatic N) is 3. The molecule has 0 unspecified atom stereocenters. The lowest BCUT2D eigenvalue weighted by atomic mass is 10.0. The van der Waals surface area contributed by atoms with Crippen LogP contribution in [0.2, 0.25) is 0 Å². The van der Waals surface area contributed by atoms with E-state index in [9.17, 15) is 83.5 Å². The second kappa shape index (κ2) is 25.6. The van der Waals surface area contributed by atoms with Gasteiger partial charge in [-0.05, 0) is 17.2 Å². The monoisotopic (exact) mass is 1020 g/mol. The zero-order valence-electron chi connectivity index (χ0n) is 36.5. The summed E-state index contributed by atoms with van der Waals surface area (Å²) >= 11 is 0. The fourth-order valence-electron chi connectivity index (χ4n) is 6.83. The maximum atomic E-state index is 13.8. The first-order valence-electron chi connectivity index (χ1n) is 20.7. The van der Waals surface area contributed by atoms with E-state index in [0.717, 1.165) is 38.6 Å². The Hall–Kier alpha value is -7.64. The highest BCUT2D eigenvalue weighted by Crippen LogP contribution is 2.27. The number of amides is 9. The van der Waals surface area contributed by atoms with E-state index < -0.39 is 162 Å². The number of non-ortho nitro benzene ring substituents is 1. The molecule has 2 aliphatic rings. The normalized spacial score (nSPS) is 23.8. The average molecular weight is 1020 g/mol. The van der Waals surface area contributed by atoms with Crippen molar-refractivity contribution >= 4 is 92.1 Å². The number of aliphatic carboxylic acids is 1. The first-order chi connectivity index (χ1) is 33.0. The summed E-state index contributed by atoms with van der Waals surface area (Å²) in [5.74, 6) is -12.6. The van der Waals surface area contributed by atoms with Gasteiger partial charge in [0, 0.05) is 55.6 Å². The van der Waals surface area contributed by atoms with Crippen LogP contribution in [0.3, 0.4) is 0 Å². The van der Waals surface area contributed by atoms with Crippen molar-refractivity contribution in [3.05, 3.63) is 73.8 Å². The van der Waals surface area contributed by atoms with Crippen molar-refractivity contribution in [1.82, 2.24) is 42.1 Å². The molecule has 0 spiro atoms. The Morgan fingerprint density at radius 3 is 2.09 bits per heavy atom. The third-order valence-corrected chi connectivity index (χ3v) is 12.7. The number of carboxylic acid groups (broad SMARTS) is 1. The maximum absolute atomic E-state index is 13.8. The first kappa shape index (κ1) is 55.0. The highest BCUT2D eigenvalue weighted by Gasteiger charge is 2.41. The Morgan fingerprint density at radius 2 is 1.43 bits per heavy atom. The summed E-state index contributed by atoms with van der Waals surface area (Å²) < 4.78 is 0. The molecular weight excluding hydrogens is 973 g/mol. The van der Waals surface area contributed by atoms with Crippen molar-refractivity contribution < 1.29 is 73.1 Å². The van der Waals surface area contributed by atoms with E-state index in [1.165, 1.54) is 30.3 Å². The molecule has 9 amide bonds. The molecule has 0 aromatic heterocycles. The van der Waals surface area contributed by atoms with Gasteiger partial charge in [0.15, 0.2) is 5.75 Å². The van der Waals surface area contributed by atoms with E-state index in [1.54, 1.807) is 0 Å². The van der Waals surface area contributed by atoms with E-state index in [0.29, 0.717) is 5.56 Å². The van der Waals surface area contributed by atoms with Crippen LogP contribution in [0, 0.1) is 20.2 Å². The van der Waals surface area contributed by atoms with Gasteiger partial charge in [-0.2, -0.15) is 0 Å². The third-order valence-electron chi connectivity index (χ3n) is 10.3. The highest BCUT2D eigenvalue weighted by atomic mass is 33.1. The van der Waals surface area contributed by atoms with Gasteiger partial charge in [0.2, 0.25) is 53.2 Å². The molecule has 378 valence electrons. The summed E-state index contributed by atoms with van der Waals surface area (Å²) in [5, 5.41) is 69.5. The van der Waals surface area contributed by atoms with Crippen LogP contribution in [0.4, 0.5) is 11.4 Å². The summed E-state index contributed by atoms with van der Waals surface area (Å²) in [6, 6.07) is -1.29. The smallest absolute Gasteiger partial charge is 0.310 e. The predicted octanol–water partition coefficient (Wildman–Crippen LogP) is -4.73. The molecule has 0 bridgehead atoms. The number of carbonyl (C=O) groups is 10. The summed E-state index contributed by atoms with van der Waals surface area (Å²) in [6.45, 7) is -2.50. The second-order valence-corrected chi connectivity index (χ2v) is 18.1. The van der Waals surface area contributed by atoms with Gasteiger partial charge < -0.3 is 68.9 Å². The van der Waals surface area contributed by atoms with E-state index in [2.05, 4.69) is 37.2 Å². The fraction of sp³-hybridized carbons (Fsp3) is 0.436. The molecule has 7 atom stereocenters. The Labute approximate surface area is 403 Å². The molecule has 0 aliphatic carbocycles. The Morgan fingerprint density at radius 1 is 0.771 bits per heavy atom. The van der Waals surface area contributed by atoms with Gasteiger partial charge in [-0.1, -0.05) is 39.8 Å². The molecule has 2 aromatic rings. The minimum atomic E-state index is -1.85. The van der Waals surface area contributed by atoms with Gasteiger partial charge in [-0.3, -0.25) is 68.2 Å². The van der Waals surface area contributed by atoms with Crippen molar-refractivity contribution in [1.29, 1.82) is 0 Å². The molecule has 2 aliphatic heterocycles. The van der Waals surface area contributed by atoms with Crippen LogP contribution < -0.4 is 48.7 Å². The number of carboxylic acids is 1. The zero-order chi connectivity index (χ0) is 51.8. The number of fused-ring (bicyclic) bond motifs is 1. The quantitative estimate of drug-likeness (QED) is 0.0540. The Bertz CT molecular complexity index is 2400. The number of nitro benzene ring substituents is 2. The van der Waals surface area contributed by atoms with Gasteiger partial charge in [0.25, 0.3) is 5.69 Å². The largest absolute Gasteiger partial charge is 0.502 e. The standard InChI is InChI=1S/C39H48N12O17S2/c40-30(54)10-23-37(62)48-25(34(41)59)16-69-70-17-26(42-12-19-2-1-3-20(6-19)50(65)66)38(63)46-24(11-33(57)58)36(61)43-13-31(55)45-22(7-18-4-5-29(53)27(8-18)51(67)68)35(60)44-14-32(56)49-15-21(52)9-28(49)39(64)47-23/h1-6,8,21-26,28,42,52-53H,7,9-17H2,(H2,40,54)(H2,41,59)(H,43,61)(H,44,60)(H,45,55)(H,46,63)(H,47,64)(H,48,62)(H,57,58)/t21-,22+,23+,24-,25-,26-,28+/m1/s1. The van der Waals surface area contributed by atoms with Gasteiger partial charge in [-0.15, -0.1) is 0 Å². The van der Waals surface area contributed by atoms with Crippen LogP contribution in [0.1, 0.15) is 30.4 Å². The number of carbonyl (C=O) groups excluding carboxylic acids is 9. The predicted molar refractivity (Wildman–Crippen MR) is 242 cm³/mol. The molecule has 2 aromatic carbocycles. The average Bonchev–Trinajstić information content (AvgIpc) is 3.69. The third kappa shape index (κ3) is 16.6. The molecule has 0 saturated carbocycles. The molecule has 2 saturated heterocycles. The van der Waals surface area contributed by atoms with E-state index in [1.807, 2.05) is 0 Å². The molecule has 14 N–H and O–H groups in total. The number of hydrogen-bond donors (Lipinski definition) is 12. The van der Waals surface area contributed by atoms with Crippen molar-refractivity contribution in [2.75, 3.05) is 31.1 Å². The molecule has 2 heterocycles. The molecule has 0 radical (unpaired) electrons. The first-order valence-corrected chi connectivity index (χ1v) is 23.2. The van der Waals surface area contributed by atoms with E-state index >= 15 is 0 Å². The van der Waals surface area contributed by atoms with Crippen molar-refractivity contribution in [2.24, 2.45) is 11.5 Å². The van der Waals surface area contributed by atoms with Crippen molar-refractivity contribution in [3.63, 3.8) is 0 Å². The minimum absolute atomic E-state index is 0.00512. The van der Waals surface area contributed by atoms with Crippen LogP contribution in [0.5, 0.6) is 5.75 Å². The van der Waals surface area contributed by atoms with Gasteiger partial charge in [0.1, 0.15) is 30.2 Å². The van der Waals surface area contributed by atoms with Gasteiger partial charge in [0.05, 0.1) is 47.9 Å². The molecular formula is C39H48N12O17S2. The molecule has 29 nitrogen and oxygen atoms in total. The number of nitrogens with two attached hydrogens (primary N) is 2.